The lowest BCUT2D eigenvalue weighted by Gasteiger charge is -2.02. The van der Waals surface area contributed by atoms with Crippen molar-refractivity contribution in [2.24, 2.45) is 0 Å². The Labute approximate surface area is 93.5 Å². The number of hydrogen-bond donors (Lipinski definition) is 0. The molecule has 16 heavy (non-hydrogen) atoms. The molecule has 0 aromatic heterocycles. The van der Waals surface area contributed by atoms with Crippen molar-refractivity contribution in [1.29, 1.82) is 0 Å². The van der Waals surface area contributed by atoms with Crippen LogP contribution in [0.3, 0.4) is 0 Å². The standard InChI is InChI=1S/C14H11FO/c15-14-3-1-2-13(10-14)12-6-4-11(5-7-12)8-9-16/h1-7,9-10H,8H2. The van der Waals surface area contributed by atoms with Gasteiger partial charge in [0, 0.05) is 6.42 Å². The van der Waals surface area contributed by atoms with Gasteiger partial charge in [0.25, 0.3) is 0 Å². The maximum atomic E-state index is 13.0. The number of hydrogen-bond acceptors (Lipinski definition) is 1. The molecule has 0 unspecified atom stereocenters. The Kier molecular flexibility index (Phi) is 3.10. The summed E-state index contributed by atoms with van der Waals surface area (Å²) in [6, 6.07) is 14.0. The lowest BCUT2D eigenvalue weighted by atomic mass is 10.0. The maximum absolute atomic E-state index is 13.0. The summed E-state index contributed by atoms with van der Waals surface area (Å²) in [5, 5.41) is 0. The van der Waals surface area contributed by atoms with Crippen molar-refractivity contribution in [3.63, 3.8) is 0 Å². The lowest BCUT2D eigenvalue weighted by Crippen LogP contribution is -1.86. The van der Waals surface area contributed by atoms with Gasteiger partial charge in [-0.25, -0.2) is 4.39 Å². The van der Waals surface area contributed by atoms with Crippen LogP contribution in [0.1, 0.15) is 5.56 Å². The first-order valence-electron chi connectivity index (χ1n) is 5.08. The summed E-state index contributed by atoms with van der Waals surface area (Å²) in [4.78, 5) is 10.3. The highest BCUT2D eigenvalue weighted by Crippen LogP contribution is 2.20. The highest BCUT2D eigenvalue weighted by atomic mass is 19.1. The first kappa shape index (κ1) is 10.6. The SMILES string of the molecule is O=CCc1ccc(-c2cccc(F)c2)cc1. The van der Waals surface area contributed by atoms with Crippen LogP contribution in [0.2, 0.25) is 0 Å². The van der Waals surface area contributed by atoms with Crippen molar-refractivity contribution in [2.75, 3.05) is 0 Å². The van der Waals surface area contributed by atoms with Crippen LogP contribution in [-0.4, -0.2) is 6.29 Å². The van der Waals surface area contributed by atoms with Crippen LogP contribution in [0.15, 0.2) is 48.5 Å². The molecule has 0 aliphatic heterocycles. The van der Waals surface area contributed by atoms with E-state index < -0.39 is 0 Å². The normalized spacial score (nSPS) is 10.1. The summed E-state index contributed by atoms with van der Waals surface area (Å²) in [7, 11) is 0. The summed E-state index contributed by atoms with van der Waals surface area (Å²) in [5.74, 6) is -0.241. The summed E-state index contributed by atoms with van der Waals surface area (Å²) in [6.07, 6.45) is 1.29. The van der Waals surface area contributed by atoms with Gasteiger partial charge >= 0.3 is 0 Å². The molecule has 0 amide bonds. The fourth-order valence-corrected chi connectivity index (χ4v) is 1.60. The average molecular weight is 214 g/mol. The van der Waals surface area contributed by atoms with Crippen molar-refractivity contribution in [3.05, 3.63) is 59.9 Å². The van der Waals surface area contributed by atoms with E-state index in [0.29, 0.717) is 6.42 Å². The number of benzene rings is 2. The Hall–Kier alpha value is -1.96. The molecule has 0 saturated heterocycles. The van der Waals surface area contributed by atoms with Crippen molar-refractivity contribution >= 4 is 6.29 Å². The highest BCUT2D eigenvalue weighted by Gasteiger charge is 1.99. The molecule has 0 radical (unpaired) electrons. The van der Waals surface area contributed by atoms with Crippen molar-refractivity contribution in [3.8, 4) is 11.1 Å². The average Bonchev–Trinajstić information content (AvgIpc) is 2.30. The van der Waals surface area contributed by atoms with Crippen molar-refractivity contribution < 1.29 is 9.18 Å². The van der Waals surface area contributed by atoms with E-state index in [1.165, 1.54) is 12.1 Å². The molecular formula is C14H11FO. The van der Waals surface area contributed by atoms with Gasteiger partial charge in [-0.15, -0.1) is 0 Å². The second-order valence-electron chi connectivity index (χ2n) is 3.58. The van der Waals surface area contributed by atoms with Crippen LogP contribution in [0, 0.1) is 5.82 Å². The van der Waals surface area contributed by atoms with Gasteiger partial charge in [-0.3, -0.25) is 0 Å². The fourth-order valence-electron chi connectivity index (χ4n) is 1.60. The summed E-state index contributed by atoms with van der Waals surface area (Å²) < 4.78 is 13.0. The summed E-state index contributed by atoms with van der Waals surface area (Å²) in [5.41, 5.74) is 2.77. The Morgan fingerprint density at radius 3 is 2.38 bits per heavy atom. The van der Waals surface area contributed by atoms with E-state index in [0.717, 1.165) is 23.0 Å². The van der Waals surface area contributed by atoms with Crippen LogP contribution >= 0.6 is 0 Å². The smallest absolute Gasteiger partial charge is 0.124 e. The molecule has 80 valence electrons. The molecule has 0 aliphatic carbocycles. The molecule has 0 saturated carbocycles. The lowest BCUT2D eigenvalue weighted by molar-refractivity contribution is -0.107. The van der Waals surface area contributed by atoms with Gasteiger partial charge in [0.2, 0.25) is 0 Å². The third-order valence-corrected chi connectivity index (χ3v) is 2.43. The summed E-state index contributed by atoms with van der Waals surface area (Å²) in [6.45, 7) is 0. The zero-order valence-corrected chi connectivity index (χ0v) is 8.69. The van der Waals surface area contributed by atoms with E-state index >= 15 is 0 Å². The Morgan fingerprint density at radius 1 is 1.00 bits per heavy atom. The van der Waals surface area contributed by atoms with Gasteiger partial charge in [-0.1, -0.05) is 36.4 Å². The van der Waals surface area contributed by atoms with Crippen LogP contribution < -0.4 is 0 Å². The molecule has 0 atom stereocenters. The van der Waals surface area contributed by atoms with Gasteiger partial charge in [0.15, 0.2) is 0 Å². The second-order valence-corrected chi connectivity index (χ2v) is 3.58. The quantitative estimate of drug-likeness (QED) is 0.717. The van der Waals surface area contributed by atoms with E-state index in [4.69, 9.17) is 0 Å². The largest absolute Gasteiger partial charge is 0.303 e. The van der Waals surface area contributed by atoms with Gasteiger partial charge in [-0.05, 0) is 28.8 Å². The predicted molar refractivity (Wildman–Crippen MR) is 61.6 cm³/mol. The number of rotatable bonds is 3. The van der Waals surface area contributed by atoms with Crippen LogP contribution in [-0.2, 0) is 11.2 Å². The Morgan fingerprint density at radius 2 is 1.75 bits per heavy atom. The molecule has 2 aromatic carbocycles. The van der Waals surface area contributed by atoms with Crippen LogP contribution in [0.25, 0.3) is 11.1 Å². The minimum absolute atomic E-state index is 0.241. The van der Waals surface area contributed by atoms with Gasteiger partial charge in [0.05, 0.1) is 0 Å². The third-order valence-electron chi connectivity index (χ3n) is 2.43. The maximum Gasteiger partial charge on any atom is 0.124 e. The fraction of sp³-hybridized carbons (Fsp3) is 0.0714. The Bertz CT molecular complexity index is 488. The topological polar surface area (TPSA) is 17.1 Å². The molecule has 0 fully saturated rings. The zero-order chi connectivity index (χ0) is 11.4. The third kappa shape index (κ3) is 2.34. The molecule has 0 N–H and O–H groups in total. The second kappa shape index (κ2) is 4.71. The van der Waals surface area contributed by atoms with E-state index in [9.17, 15) is 9.18 Å². The van der Waals surface area contributed by atoms with E-state index in [-0.39, 0.29) is 5.82 Å². The van der Waals surface area contributed by atoms with Crippen LogP contribution in [0.5, 0.6) is 0 Å². The molecule has 2 heteroatoms. The molecule has 2 aromatic rings. The molecule has 1 nitrogen and oxygen atoms in total. The van der Waals surface area contributed by atoms with E-state index in [1.54, 1.807) is 6.07 Å². The minimum Gasteiger partial charge on any atom is -0.303 e. The predicted octanol–water partition coefficient (Wildman–Crippen LogP) is 3.23. The van der Waals surface area contributed by atoms with E-state index in [1.807, 2.05) is 30.3 Å². The first-order valence-corrected chi connectivity index (χ1v) is 5.08. The van der Waals surface area contributed by atoms with E-state index in [2.05, 4.69) is 0 Å². The molecule has 2 rings (SSSR count). The first-order chi connectivity index (χ1) is 7.79. The molecule has 0 bridgehead atoms. The number of carbonyl (C=O) groups excluding carboxylic acids is 1. The van der Waals surface area contributed by atoms with Crippen LogP contribution in [0.4, 0.5) is 4.39 Å². The van der Waals surface area contributed by atoms with Gasteiger partial charge in [-0.2, -0.15) is 0 Å². The number of aldehydes is 1. The van der Waals surface area contributed by atoms with Crippen molar-refractivity contribution in [2.45, 2.75) is 6.42 Å². The van der Waals surface area contributed by atoms with Gasteiger partial charge < -0.3 is 4.79 Å². The molecule has 0 heterocycles. The highest BCUT2D eigenvalue weighted by molar-refractivity contribution is 5.64. The Balaban J connectivity index is 2.31. The van der Waals surface area contributed by atoms with Gasteiger partial charge in [0.1, 0.15) is 12.1 Å². The molecular weight excluding hydrogens is 203 g/mol. The van der Waals surface area contributed by atoms with Crippen molar-refractivity contribution in [1.82, 2.24) is 0 Å². The summed E-state index contributed by atoms with van der Waals surface area (Å²) >= 11 is 0. The molecule has 0 spiro atoms. The molecule has 0 aliphatic rings. The minimum atomic E-state index is -0.241. The monoisotopic (exact) mass is 214 g/mol. The number of carbonyl (C=O) groups is 1. The zero-order valence-electron chi connectivity index (χ0n) is 8.69. The number of halogens is 1.